The third-order valence-electron chi connectivity index (χ3n) is 3.42. The van der Waals surface area contributed by atoms with Crippen LogP contribution in [0.25, 0.3) is 0 Å². The Morgan fingerprint density at radius 2 is 2.06 bits per heavy atom. The van der Waals surface area contributed by atoms with Crippen LogP contribution >= 0.6 is 11.5 Å². The summed E-state index contributed by atoms with van der Waals surface area (Å²) < 4.78 is 4.15. The predicted octanol–water partition coefficient (Wildman–Crippen LogP) is 3.33. The van der Waals surface area contributed by atoms with E-state index in [0.29, 0.717) is 11.8 Å². The quantitative estimate of drug-likeness (QED) is 0.874. The molecule has 0 bridgehead atoms. The van der Waals surface area contributed by atoms with Crippen LogP contribution in [0.3, 0.4) is 0 Å². The zero-order valence-corrected chi connectivity index (χ0v) is 11.7. The summed E-state index contributed by atoms with van der Waals surface area (Å²) in [6, 6.07) is 0. The highest BCUT2D eigenvalue weighted by molar-refractivity contribution is 7.05. The van der Waals surface area contributed by atoms with Gasteiger partial charge in [0.25, 0.3) is 0 Å². The summed E-state index contributed by atoms with van der Waals surface area (Å²) in [5.74, 6) is 1.38. The summed E-state index contributed by atoms with van der Waals surface area (Å²) in [5, 5.41) is 7.86. The molecule has 0 spiro atoms. The average molecular weight is 253 g/mol. The summed E-state index contributed by atoms with van der Waals surface area (Å²) in [6.07, 6.45) is 6.74. The van der Waals surface area contributed by atoms with Crippen molar-refractivity contribution in [3.8, 4) is 0 Å². The third kappa shape index (κ3) is 3.75. The van der Waals surface area contributed by atoms with Gasteiger partial charge in [0.15, 0.2) is 0 Å². The molecule has 3 nitrogen and oxygen atoms in total. The smallest absolute Gasteiger partial charge is 0.0831 e. The number of nitrogens with zero attached hydrogens (tertiary/aromatic N) is 2. The van der Waals surface area contributed by atoms with E-state index >= 15 is 0 Å². The Balaban J connectivity index is 1.91. The van der Waals surface area contributed by atoms with Gasteiger partial charge < -0.3 is 5.32 Å². The number of nitrogens with one attached hydrogen (secondary N) is 1. The Morgan fingerprint density at radius 3 is 2.76 bits per heavy atom. The molecule has 1 aliphatic rings. The first-order valence-corrected chi connectivity index (χ1v) is 7.56. The Morgan fingerprint density at radius 1 is 1.29 bits per heavy atom. The van der Waals surface area contributed by atoms with Crippen LogP contribution in [0, 0.1) is 5.92 Å². The molecular weight excluding hydrogens is 230 g/mol. The van der Waals surface area contributed by atoms with Gasteiger partial charge >= 0.3 is 0 Å². The summed E-state index contributed by atoms with van der Waals surface area (Å²) in [4.78, 5) is 1.36. The number of aromatic nitrogens is 2. The maximum atomic E-state index is 4.37. The van der Waals surface area contributed by atoms with Crippen LogP contribution < -0.4 is 5.32 Å². The standard InChI is InChI=1S/C13H23N3S/c1-10(2)8-14-9-12-13(15-16-17-12)11-6-4-3-5-7-11/h10-11,14H,3-9H2,1-2H3. The summed E-state index contributed by atoms with van der Waals surface area (Å²) in [5.41, 5.74) is 1.28. The van der Waals surface area contributed by atoms with Gasteiger partial charge in [-0.1, -0.05) is 37.6 Å². The van der Waals surface area contributed by atoms with Gasteiger partial charge in [0.05, 0.1) is 10.6 Å². The molecule has 1 aromatic heterocycles. The summed E-state index contributed by atoms with van der Waals surface area (Å²) in [7, 11) is 0. The van der Waals surface area contributed by atoms with Crippen molar-refractivity contribution in [1.82, 2.24) is 14.9 Å². The highest BCUT2D eigenvalue weighted by Gasteiger charge is 2.21. The van der Waals surface area contributed by atoms with Crippen LogP contribution in [0.15, 0.2) is 0 Å². The van der Waals surface area contributed by atoms with E-state index in [0.717, 1.165) is 13.1 Å². The van der Waals surface area contributed by atoms with E-state index in [1.807, 2.05) is 0 Å². The lowest BCUT2D eigenvalue weighted by atomic mass is 9.86. The fourth-order valence-electron chi connectivity index (χ4n) is 2.50. The first-order valence-electron chi connectivity index (χ1n) is 6.79. The molecule has 0 radical (unpaired) electrons. The molecule has 0 aliphatic heterocycles. The highest BCUT2D eigenvalue weighted by Crippen LogP contribution is 2.34. The van der Waals surface area contributed by atoms with Gasteiger partial charge in [0.2, 0.25) is 0 Å². The average Bonchev–Trinajstić information content (AvgIpc) is 2.78. The van der Waals surface area contributed by atoms with Crippen molar-refractivity contribution >= 4 is 11.5 Å². The second kappa shape index (κ2) is 6.45. The van der Waals surface area contributed by atoms with E-state index in [1.165, 1.54) is 42.7 Å². The van der Waals surface area contributed by atoms with Crippen LogP contribution in [0.1, 0.15) is 62.4 Å². The Hall–Kier alpha value is -0.480. The zero-order chi connectivity index (χ0) is 12.1. The van der Waals surface area contributed by atoms with Gasteiger partial charge in [-0.3, -0.25) is 0 Å². The molecule has 0 unspecified atom stereocenters. The minimum absolute atomic E-state index is 0.679. The van der Waals surface area contributed by atoms with E-state index in [2.05, 4.69) is 28.8 Å². The lowest BCUT2D eigenvalue weighted by Gasteiger charge is -2.20. The molecule has 4 heteroatoms. The zero-order valence-electron chi connectivity index (χ0n) is 10.9. The maximum absolute atomic E-state index is 4.37. The van der Waals surface area contributed by atoms with Crippen LogP contribution in [0.2, 0.25) is 0 Å². The van der Waals surface area contributed by atoms with Gasteiger partial charge in [0, 0.05) is 12.5 Å². The Labute approximate surface area is 108 Å². The second-order valence-corrected chi connectivity index (χ2v) is 6.28. The molecule has 0 atom stereocenters. The molecule has 1 saturated carbocycles. The second-order valence-electron chi connectivity index (χ2n) is 5.44. The maximum Gasteiger partial charge on any atom is 0.0831 e. The lowest BCUT2D eigenvalue weighted by molar-refractivity contribution is 0.433. The minimum atomic E-state index is 0.679. The van der Waals surface area contributed by atoms with Crippen molar-refractivity contribution in [1.29, 1.82) is 0 Å². The fourth-order valence-corrected chi connectivity index (χ4v) is 3.19. The minimum Gasteiger partial charge on any atom is -0.311 e. The van der Waals surface area contributed by atoms with Crippen molar-refractivity contribution in [2.24, 2.45) is 5.92 Å². The molecule has 1 fully saturated rings. The monoisotopic (exact) mass is 253 g/mol. The van der Waals surface area contributed by atoms with Crippen molar-refractivity contribution in [3.05, 3.63) is 10.6 Å². The molecule has 0 saturated heterocycles. The lowest BCUT2D eigenvalue weighted by Crippen LogP contribution is -2.19. The topological polar surface area (TPSA) is 37.8 Å². The van der Waals surface area contributed by atoms with E-state index < -0.39 is 0 Å². The molecule has 1 aliphatic carbocycles. The molecule has 1 heterocycles. The molecule has 1 N–H and O–H groups in total. The molecule has 1 aromatic rings. The van der Waals surface area contributed by atoms with Crippen molar-refractivity contribution in [2.45, 2.75) is 58.4 Å². The number of hydrogen-bond donors (Lipinski definition) is 1. The number of rotatable bonds is 5. The first-order chi connectivity index (χ1) is 8.27. The van der Waals surface area contributed by atoms with Gasteiger partial charge in [-0.2, -0.15) is 0 Å². The van der Waals surface area contributed by atoms with Crippen LogP contribution in [0.4, 0.5) is 0 Å². The third-order valence-corrected chi connectivity index (χ3v) is 4.15. The molecular formula is C13H23N3S. The molecule has 0 amide bonds. The highest BCUT2D eigenvalue weighted by atomic mass is 32.1. The SMILES string of the molecule is CC(C)CNCc1snnc1C1CCCCC1. The normalized spacial score (nSPS) is 17.8. The number of hydrogen-bond acceptors (Lipinski definition) is 4. The Kier molecular flexibility index (Phi) is 4.92. The Bertz CT molecular complexity index is 329. The van der Waals surface area contributed by atoms with Crippen molar-refractivity contribution in [2.75, 3.05) is 6.54 Å². The van der Waals surface area contributed by atoms with Gasteiger partial charge in [-0.05, 0) is 36.8 Å². The van der Waals surface area contributed by atoms with E-state index in [9.17, 15) is 0 Å². The first kappa shape index (κ1) is 13.0. The van der Waals surface area contributed by atoms with Crippen LogP contribution in [0.5, 0.6) is 0 Å². The van der Waals surface area contributed by atoms with E-state index in [-0.39, 0.29) is 0 Å². The van der Waals surface area contributed by atoms with Crippen molar-refractivity contribution < 1.29 is 0 Å². The van der Waals surface area contributed by atoms with Gasteiger partial charge in [0.1, 0.15) is 0 Å². The van der Waals surface area contributed by atoms with E-state index in [1.54, 1.807) is 11.5 Å². The summed E-state index contributed by atoms with van der Waals surface area (Å²) in [6.45, 7) is 6.49. The van der Waals surface area contributed by atoms with Gasteiger partial charge in [-0.25, -0.2) is 0 Å². The fraction of sp³-hybridized carbons (Fsp3) is 0.846. The molecule has 96 valence electrons. The van der Waals surface area contributed by atoms with E-state index in [4.69, 9.17) is 0 Å². The molecule has 17 heavy (non-hydrogen) atoms. The predicted molar refractivity (Wildman–Crippen MR) is 72.3 cm³/mol. The van der Waals surface area contributed by atoms with Gasteiger partial charge in [-0.15, -0.1) is 5.10 Å². The molecule has 0 aromatic carbocycles. The largest absolute Gasteiger partial charge is 0.311 e. The summed E-state index contributed by atoms with van der Waals surface area (Å²) >= 11 is 1.57. The van der Waals surface area contributed by atoms with Crippen LogP contribution in [-0.2, 0) is 6.54 Å². The van der Waals surface area contributed by atoms with Crippen LogP contribution in [-0.4, -0.2) is 16.1 Å². The van der Waals surface area contributed by atoms with Crippen molar-refractivity contribution in [3.63, 3.8) is 0 Å². The molecule has 2 rings (SSSR count).